The summed E-state index contributed by atoms with van der Waals surface area (Å²) in [4.78, 5) is 0. The second kappa shape index (κ2) is 7.03. The first-order valence-electron chi connectivity index (χ1n) is 7.68. The maximum atomic E-state index is 6.24. The van der Waals surface area contributed by atoms with E-state index in [2.05, 4.69) is 13.8 Å². The van der Waals surface area contributed by atoms with E-state index in [1.807, 2.05) is 18.2 Å². The van der Waals surface area contributed by atoms with Crippen molar-refractivity contribution < 1.29 is 14.2 Å². The highest BCUT2D eigenvalue weighted by atomic mass is 16.5. The zero-order chi connectivity index (χ0) is 15.4. The third-order valence-electron chi connectivity index (χ3n) is 4.44. The van der Waals surface area contributed by atoms with E-state index in [4.69, 9.17) is 19.9 Å². The van der Waals surface area contributed by atoms with Gasteiger partial charge >= 0.3 is 0 Å². The summed E-state index contributed by atoms with van der Waals surface area (Å²) in [5.74, 6) is 3.57. The Bertz CT molecular complexity index is 439. The maximum Gasteiger partial charge on any atom is 0.127 e. The van der Waals surface area contributed by atoms with Gasteiger partial charge in [0.2, 0.25) is 0 Å². The van der Waals surface area contributed by atoms with E-state index in [0.29, 0.717) is 11.8 Å². The van der Waals surface area contributed by atoms with Gasteiger partial charge in [-0.15, -0.1) is 0 Å². The van der Waals surface area contributed by atoms with E-state index >= 15 is 0 Å². The van der Waals surface area contributed by atoms with E-state index in [0.717, 1.165) is 30.1 Å². The minimum Gasteiger partial charge on any atom is -0.496 e. The normalized spacial score (nSPS) is 25.7. The summed E-state index contributed by atoms with van der Waals surface area (Å²) >= 11 is 0. The van der Waals surface area contributed by atoms with Crippen molar-refractivity contribution in [1.82, 2.24) is 0 Å². The first-order chi connectivity index (χ1) is 10.0. The summed E-state index contributed by atoms with van der Waals surface area (Å²) in [5.41, 5.74) is 6.24. The molecule has 0 aromatic heterocycles. The standard InChI is InChI=1S/C17H27NO3/c1-11(2)12-5-6-16(18)17(7-12)21-15-9-13(19-3)8-14(10-15)20-4/h8-12,16-17H,5-7,18H2,1-4H3. The molecule has 1 saturated carbocycles. The van der Waals surface area contributed by atoms with Crippen LogP contribution in [0.3, 0.4) is 0 Å². The Morgan fingerprint density at radius 3 is 2.10 bits per heavy atom. The van der Waals surface area contributed by atoms with Gasteiger partial charge in [-0.25, -0.2) is 0 Å². The van der Waals surface area contributed by atoms with Gasteiger partial charge in [-0.1, -0.05) is 13.8 Å². The third kappa shape index (κ3) is 4.03. The lowest BCUT2D eigenvalue weighted by Crippen LogP contribution is -2.44. The van der Waals surface area contributed by atoms with Crippen LogP contribution in [0.2, 0.25) is 0 Å². The topological polar surface area (TPSA) is 53.7 Å². The Morgan fingerprint density at radius 2 is 1.57 bits per heavy atom. The van der Waals surface area contributed by atoms with Crippen molar-refractivity contribution in [2.75, 3.05) is 14.2 Å². The molecule has 1 aliphatic rings. The fourth-order valence-electron chi connectivity index (χ4n) is 2.95. The fourth-order valence-corrected chi connectivity index (χ4v) is 2.95. The molecule has 0 bridgehead atoms. The molecule has 0 aliphatic heterocycles. The van der Waals surface area contributed by atoms with Crippen LogP contribution in [0.4, 0.5) is 0 Å². The van der Waals surface area contributed by atoms with Crippen molar-refractivity contribution in [3.63, 3.8) is 0 Å². The Balaban J connectivity index is 2.12. The van der Waals surface area contributed by atoms with Crippen molar-refractivity contribution in [1.29, 1.82) is 0 Å². The fraction of sp³-hybridized carbons (Fsp3) is 0.647. The van der Waals surface area contributed by atoms with Crippen LogP contribution in [-0.2, 0) is 0 Å². The van der Waals surface area contributed by atoms with Crippen LogP contribution < -0.4 is 19.9 Å². The predicted molar refractivity (Wildman–Crippen MR) is 84.1 cm³/mol. The van der Waals surface area contributed by atoms with Gasteiger partial charge in [0.05, 0.1) is 14.2 Å². The molecular formula is C17H27NO3. The number of rotatable bonds is 5. The number of nitrogens with two attached hydrogens (primary N) is 1. The lowest BCUT2D eigenvalue weighted by Gasteiger charge is -2.36. The Kier molecular flexibility index (Phi) is 5.34. The summed E-state index contributed by atoms with van der Waals surface area (Å²) in [7, 11) is 3.28. The molecule has 1 fully saturated rings. The highest BCUT2D eigenvalue weighted by Crippen LogP contribution is 2.34. The molecule has 2 rings (SSSR count). The molecule has 1 aromatic rings. The smallest absolute Gasteiger partial charge is 0.127 e. The van der Waals surface area contributed by atoms with E-state index in [1.165, 1.54) is 6.42 Å². The van der Waals surface area contributed by atoms with Gasteiger partial charge in [-0.2, -0.15) is 0 Å². The van der Waals surface area contributed by atoms with Crippen molar-refractivity contribution in [3.05, 3.63) is 18.2 Å². The van der Waals surface area contributed by atoms with Gasteiger partial charge in [0.1, 0.15) is 23.4 Å². The average Bonchev–Trinajstić information content (AvgIpc) is 2.48. The molecule has 3 atom stereocenters. The number of hydrogen-bond donors (Lipinski definition) is 1. The lowest BCUT2D eigenvalue weighted by atomic mass is 9.78. The van der Waals surface area contributed by atoms with E-state index in [9.17, 15) is 0 Å². The SMILES string of the molecule is COc1cc(OC)cc(OC2CC(C(C)C)CCC2N)c1. The molecule has 2 N–H and O–H groups in total. The quantitative estimate of drug-likeness (QED) is 0.905. The van der Waals surface area contributed by atoms with Gasteiger partial charge < -0.3 is 19.9 Å². The molecule has 0 spiro atoms. The largest absolute Gasteiger partial charge is 0.496 e. The third-order valence-corrected chi connectivity index (χ3v) is 4.44. The zero-order valence-corrected chi connectivity index (χ0v) is 13.5. The number of benzene rings is 1. The van der Waals surface area contributed by atoms with Gasteiger partial charge in [0.25, 0.3) is 0 Å². The number of hydrogen-bond acceptors (Lipinski definition) is 4. The summed E-state index contributed by atoms with van der Waals surface area (Å²) in [6.07, 6.45) is 3.29. The number of methoxy groups -OCH3 is 2. The highest BCUT2D eigenvalue weighted by molar-refractivity contribution is 5.42. The number of ether oxygens (including phenoxy) is 3. The van der Waals surface area contributed by atoms with E-state index in [1.54, 1.807) is 14.2 Å². The molecule has 1 aromatic carbocycles. The Morgan fingerprint density at radius 1 is 1.00 bits per heavy atom. The molecule has 4 nitrogen and oxygen atoms in total. The van der Waals surface area contributed by atoms with Crippen molar-refractivity contribution in [2.24, 2.45) is 17.6 Å². The minimum atomic E-state index is 0.0583. The molecular weight excluding hydrogens is 266 g/mol. The van der Waals surface area contributed by atoms with Crippen LogP contribution in [0.15, 0.2) is 18.2 Å². The van der Waals surface area contributed by atoms with Gasteiger partial charge in [-0.05, 0) is 31.1 Å². The van der Waals surface area contributed by atoms with Gasteiger partial charge in [0.15, 0.2) is 0 Å². The first kappa shape index (κ1) is 16.0. The molecule has 0 saturated heterocycles. The van der Waals surface area contributed by atoms with Gasteiger partial charge in [-0.3, -0.25) is 0 Å². The Hall–Kier alpha value is -1.42. The van der Waals surface area contributed by atoms with Crippen LogP contribution >= 0.6 is 0 Å². The highest BCUT2D eigenvalue weighted by Gasteiger charge is 2.31. The molecule has 21 heavy (non-hydrogen) atoms. The van der Waals surface area contributed by atoms with Crippen LogP contribution in [0.1, 0.15) is 33.1 Å². The lowest BCUT2D eigenvalue weighted by molar-refractivity contribution is 0.0863. The predicted octanol–water partition coefficient (Wildman–Crippen LogP) is 3.23. The molecule has 118 valence electrons. The average molecular weight is 293 g/mol. The summed E-state index contributed by atoms with van der Waals surface area (Å²) in [6.45, 7) is 4.54. The van der Waals surface area contributed by atoms with E-state index < -0.39 is 0 Å². The second-order valence-corrected chi connectivity index (χ2v) is 6.19. The van der Waals surface area contributed by atoms with Gasteiger partial charge in [0, 0.05) is 24.2 Å². The second-order valence-electron chi connectivity index (χ2n) is 6.19. The van der Waals surface area contributed by atoms with Crippen molar-refractivity contribution >= 4 is 0 Å². The van der Waals surface area contributed by atoms with Crippen LogP contribution in [0.5, 0.6) is 17.2 Å². The molecule has 0 amide bonds. The maximum absolute atomic E-state index is 6.24. The van der Waals surface area contributed by atoms with Crippen LogP contribution in [-0.4, -0.2) is 26.4 Å². The first-order valence-corrected chi connectivity index (χ1v) is 7.68. The molecule has 0 radical (unpaired) electrons. The molecule has 0 heterocycles. The van der Waals surface area contributed by atoms with Crippen LogP contribution in [0.25, 0.3) is 0 Å². The summed E-state index contributed by atoms with van der Waals surface area (Å²) in [5, 5.41) is 0. The minimum absolute atomic E-state index is 0.0583. The summed E-state index contributed by atoms with van der Waals surface area (Å²) < 4.78 is 16.7. The Labute approximate surface area is 127 Å². The molecule has 3 unspecified atom stereocenters. The van der Waals surface area contributed by atoms with Crippen molar-refractivity contribution in [2.45, 2.75) is 45.3 Å². The van der Waals surface area contributed by atoms with E-state index in [-0.39, 0.29) is 12.1 Å². The molecule has 4 heteroatoms. The zero-order valence-electron chi connectivity index (χ0n) is 13.5. The monoisotopic (exact) mass is 293 g/mol. The van der Waals surface area contributed by atoms with Crippen LogP contribution in [0, 0.1) is 11.8 Å². The molecule has 1 aliphatic carbocycles. The summed E-state index contributed by atoms with van der Waals surface area (Å²) in [6, 6.07) is 5.70. The van der Waals surface area contributed by atoms with Crippen molar-refractivity contribution in [3.8, 4) is 17.2 Å².